The molecule has 0 atom stereocenters. The van der Waals surface area contributed by atoms with Gasteiger partial charge < -0.3 is 15.9 Å². The van der Waals surface area contributed by atoms with Crippen LogP contribution in [0.3, 0.4) is 0 Å². The van der Waals surface area contributed by atoms with Crippen LogP contribution in [-0.2, 0) is 16.1 Å². The number of halogens is 3. The SMILES string of the molecule is NC(=NOCC(=O)NCCc1ccc(F)cc1)c1ccc(F)c(F)c1. The molecule has 0 spiro atoms. The summed E-state index contributed by atoms with van der Waals surface area (Å²) in [6.45, 7) is -0.0377. The smallest absolute Gasteiger partial charge is 0.260 e. The highest BCUT2D eigenvalue weighted by Crippen LogP contribution is 2.08. The Hall–Kier alpha value is -3.03. The lowest BCUT2D eigenvalue weighted by molar-refractivity contribution is -0.125. The first-order chi connectivity index (χ1) is 12.0. The van der Waals surface area contributed by atoms with Crippen LogP contribution in [0.1, 0.15) is 11.1 Å². The van der Waals surface area contributed by atoms with Crippen molar-refractivity contribution in [1.82, 2.24) is 5.32 Å². The number of amidine groups is 1. The first-order valence-corrected chi connectivity index (χ1v) is 7.37. The minimum Gasteiger partial charge on any atom is -0.384 e. The van der Waals surface area contributed by atoms with E-state index in [0.717, 1.165) is 17.7 Å². The minimum atomic E-state index is -1.06. The van der Waals surface area contributed by atoms with Crippen LogP contribution in [0.2, 0.25) is 0 Å². The second kappa shape index (κ2) is 8.72. The highest BCUT2D eigenvalue weighted by Gasteiger charge is 2.07. The van der Waals surface area contributed by atoms with Crippen LogP contribution in [-0.4, -0.2) is 24.9 Å². The topological polar surface area (TPSA) is 76.7 Å². The molecule has 0 radical (unpaired) electrons. The molecule has 0 aliphatic carbocycles. The maximum atomic E-state index is 13.1. The lowest BCUT2D eigenvalue weighted by Gasteiger charge is -2.05. The highest BCUT2D eigenvalue weighted by atomic mass is 19.2. The molecule has 0 unspecified atom stereocenters. The van der Waals surface area contributed by atoms with E-state index in [1.807, 2.05) is 0 Å². The molecule has 0 saturated heterocycles. The third kappa shape index (κ3) is 5.83. The number of nitrogens with one attached hydrogen (secondary N) is 1. The zero-order valence-corrected chi connectivity index (χ0v) is 13.1. The Morgan fingerprint density at radius 1 is 1.08 bits per heavy atom. The van der Waals surface area contributed by atoms with Gasteiger partial charge in [0, 0.05) is 12.1 Å². The molecule has 0 aliphatic heterocycles. The monoisotopic (exact) mass is 351 g/mol. The molecule has 5 nitrogen and oxygen atoms in total. The van der Waals surface area contributed by atoms with Crippen molar-refractivity contribution in [3.05, 3.63) is 71.0 Å². The van der Waals surface area contributed by atoms with Crippen molar-refractivity contribution in [2.45, 2.75) is 6.42 Å². The fourth-order valence-electron chi connectivity index (χ4n) is 1.92. The quantitative estimate of drug-likeness (QED) is 0.456. The second-order valence-electron chi connectivity index (χ2n) is 5.11. The van der Waals surface area contributed by atoms with E-state index >= 15 is 0 Å². The fourth-order valence-corrected chi connectivity index (χ4v) is 1.92. The number of benzene rings is 2. The molecule has 132 valence electrons. The first-order valence-electron chi connectivity index (χ1n) is 7.37. The van der Waals surface area contributed by atoms with E-state index in [1.165, 1.54) is 18.2 Å². The summed E-state index contributed by atoms with van der Waals surface area (Å²) in [5.74, 6) is -2.99. The summed E-state index contributed by atoms with van der Waals surface area (Å²) in [5.41, 5.74) is 6.57. The molecule has 1 amide bonds. The lowest BCUT2D eigenvalue weighted by atomic mass is 10.1. The van der Waals surface area contributed by atoms with Gasteiger partial charge in [-0.2, -0.15) is 0 Å². The van der Waals surface area contributed by atoms with Crippen LogP contribution < -0.4 is 11.1 Å². The summed E-state index contributed by atoms with van der Waals surface area (Å²) in [4.78, 5) is 16.4. The van der Waals surface area contributed by atoms with Gasteiger partial charge in [0.15, 0.2) is 24.1 Å². The van der Waals surface area contributed by atoms with Crippen molar-refractivity contribution < 1.29 is 22.8 Å². The Labute approximate surface area is 142 Å². The Balaban J connectivity index is 1.73. The van der Waals surface area contributed by atoms with E-state index in [9.17, 15) is 18.0 Å². The molecule has 0 aliphatic rings. The van der Waals surface area contributed by atoms with Gasteiger partial charge in [-0.1, -0.05) is 17.3 Å². The molecule has 0 fully saturated rings. The number of hydrogen-bond acceptors (Lipinski definition) is 3. The Bertz CT molecular complexity index is 764. The van der Waals surface area contributed by atoms with Crippen LogP contribution in [0.4, 0.5) is 13.2 Å². The van der Waals surface area contributed by atoms with Gasteiger partial charge >= 0.3 is 0 Å². The van der Waals surface area contributed by atoms with E-state index < -0.39 is 17.5 Å². The van der Waals surface area contributed by atoms with Crippen LogP contribution in [0, 0.1) is 17.5 Å². The fraction of sp³-hybridized carbons (Fsp3) is 0.176. The van der Waals surface area contributed by atoms with E-state index in [4.69, 9.17) is 10.6 Å². The summed E-state index contributed by atoms with van der Waals surface area (Å²) in [7, 11) is 0. The lowest BCUT2D eigenvalue weighted by Crippen LogP contribution is -2.29. The number of rotatable bonds is 7. The van der Waals surface area contributed by atoms with Crippen molar-refractivity contribution in [2.24, 2.45) is 10.9 Å². The van der Waals surface area contributed by atoms with Gasteiger partial charge in [-0.3, -0.25) is 4.79 Å². The Morgan fingerprint density at radius 2 is 1.80 bits per heavy atom. The number of oxime groups is 1. The molecule has 3 N–H and O–H groups in total. The van der Waals surface area contributed by atoms with E-state index in [2.05, 4.69) is 10.5 Å². The summed E-state index contributed by atoms with van der Waals surface area (Å²) in [5, 5.41) is 6.08. The van der Waals surface area contributed by atoms with Crippen LogP contribution in [0.5, 0.6) is 0 Å². The number of carbonyl (C=O) groups excluding carboxylic acids is 1. The molecule has 2 rings (SSSR count). The molecule has 0 bridgehead atoms. The third-order valence-electron chi connectivity index (χ3n) is 3.22. The normalized spacial score (nSPS) is 11.2. The molecule has 2 aromatic rings. The Morgan fingerprint density at radius 3 is 2.48 bits per heavy atom. The number of carbonyl (C=O) groups is 1. The average Bonchev–Trinajstić information content (AvgIpc) is 2.59. The number of nitrogens with two attached hydrogens (primary N) is 1. The van der Waals surface area contributed by atoms with Gasteiger partial charge in [0.05, 0.1) is 0 Å². The molecule has 8 heteroatoms. The maximum Gasteiger partial charge on any atom is 0.260 e. The van der Waals surface area contributed by atoms with Crippen LogP contribution in [0.25, 0.3) is 0 Å². The first kappa shape index (κ1) is 18.3. The van der Waals surface area contributed by atoms with Gasteiger partial charge in [0.1, 0.15) is 5.82 Å². The molecule has 2 aromatic carbocycles. The van der Waals surface area contributed by atoms with Crippen molar-refractivity contribution in [3.8, 4) is 0 Å². The number of nitrogens with zero attached hydrogens (tertiary/aromatic N) is 1. The summed E-state index contributed by atoms with van der Waals surface area (Å²) < 4.78 is 38.7. The van der Waals surface area contributed by atoms with Gasteiger partial charge in [-0.15, -0.1) is 0 Å². The van der Waals surface area contributed by atoms with Crippen molar-refractivity contribution in [1.29, 1.82) is 0 Å². The van der Waals surface area contributed by atoms with Gasteiger partial charge in [-0.05, 0) is 42.3 Å². The molecular weight excluding hydrogens is 335 g/mol. The predicted molar refractivity (Wildman–Crippen MR) is 86.1 cm³/mol. The van der Waals surface area contributed by atoms with E-state index in [1.54, 1.807) is 12.1 Å². The van der Waals surface area contributed by atoms with E-state index in [-0.39, 0.29) is 23.8 Å². The van der Waals surface area contributed by atoms with Gasteiger partial charge in [-0.25, -0.2) is 13.2 Å². The zero-order chi connectivity index (χ0) is 18.2. The van der Waals surface area contributed by atoms with E-state index in [0.29, 0.717) is 13.0 Å². The average molecular weight is 351 g/mol. The van der Waals surface area contributed by atoms with Crippen LogP contribution >= 0.6 is 0 Å². The van der Waals surface area contributed by atoms with Crippen LogP contribution in [0.15, 0.2) is 47.6 Å². The van der Waals surface area contributed by atoms with Crippen molar-refractivity contribution >= 4 is 11.7 Å². The van der Waals surface area contributed by atoms with Gasteiger partial charge in [0.25, 0.3) is 5.91 Å². The Kier molecular flexibility index (Phi) is 6.39. The predicted octanol–water partition coefficient (Wildman–Crippen LogP) is 2.10. The molecule has 0 aromatic heterocycles. The summed E-state index contributed by atoms with van der Waals surface area (Å²) in [6, 6.07) is 8.97. The number of amides is 1. The highest BCUT2D eigenvalue weighted by molar-refractivity contribution is 5.97. The zero-order valence-electron chi connectivity index (χ0n) is 13.1. The molecular formula is C17H16F3N3O2. The summed E-state index contributed by atoms with van der Waals surface area (Å²) >= 11 is 0. The van der Waals surface area contributed by atoms with Crippen molar-refractivity contribution in [2.75, 3.05) is 13.2 Å². The summed E-state index contributed by atoms with van der Waals surface area (Å²) in [6.07, 6.45) is 0.534. The maximum absolute atomic E-state index is 13.1. The van der Waals surface area contributed by atoms with Gasteiger partial charge in [0.2, 0.25) is 0 Å². The third-order valence-corrected chi connectivity index (χ3v) is 3.22. The standard InChI is InChI=1S/C17H16F3N3O2/c18-13-4-1-11(2-5-13)7-8-22-16(24)10-25-23-17(21)12-3-6-14(19)15(20)9-12/h1-6,9H,7-8,10H2,(H2,21,23)(H,22,24). The molecule has 0 saturated carbocycles. The second-order valence-corrected chi connectivity index (χ2v) is 5.11. The molecule has 25 heavy (non-hydrogen) atoms. The largest absolute Gasteiger partial charge is 0.384 e. The minimum absolute atomic E-state index is 0.135. The van der Waals surface area contributed by atoms with Crippen molar-refractivity contribution in [3.63, 3.8) is 0 Å². The number of hydrogen-bond donors (Lipinski definition) is 2. The molecule has 0 heterocycles.